The third-order valence-corrected chi connectivity index (χ3v) is 3.85. The highest BCUT2D eigenvalue weighted by molar-refractivity contribution is 5.76. The Kier molecular flexibility index (Phi) is 4.13. The van der Waals surface area contributed by atoms with E-state index in [0.29, 0.717) is 16.8 Å². The lowest BCUT2D eigenvalue weighted by Gasteiger charge is -2.08. The first-order chi connectivity index (χ1) is 11.7. The summed E-state index contributed by atoms with van der Waals surface area (Å²) in [6.45, 7) is 1.77. The molecule has 0 amide bonds. The van der Waals surface area contributed by atoms with Crippen LogP contribution in [-0.2, 0) is 0 Å². The lowest BCUT2D eigenvalue weighted by atomic mass is 9.99. The molecule has 0 atom stereocenters. The highest BCUT2D eigenvalue weighted by atomic mass is 16.5. The van der Waals surface area contributed by atoms with Gasteiger partial charge in [-0.25, -0.2) is 4.68 Å². The van der Waals surface area contributed by atoms with Crippen molar-refractivity contribution < 1.29 is 9.53 Å². The molecule has 24 heavy (non-hydrogen) atoms. The van der Waals surface area contributed by atoms with Crippen LogP contribution >= 0.6 is 0 Å². The summed E-state index contributed by atoms with van der Waals surface area (Å²) in [6, 6.07) is 15.3. The molecule has 0 saturated heterocycles. The maximum Gasteiger partial charge on any atom is 0.153 e. The van der Waals surface area contributed by atoms with Crippen LogP contribution in [0.5, 0.6) is 5.75 Å². The first-order valence-corrected chi connectivity index (χ1v) is 7.36. The van der Waals surface area contributed by atoms with Crippen LogP contribution in [0.25, 0.3) is 16.8 Å². The number of methoxy groups -OCH3 is 1. The van der Waals surface area contributed by atoms with Crippen LogP contribution in [0.1, 0.15) is 21.6 Å². The Morgan fingerprint density at radius 2 is 1.96 bits per heavy atom. The molecule has 5 heteroatoms. The molecule has 0 aliphatic carbocycles. The van der Waals surface area contributed by atoms with Gasteiger partial charge in [0.2, 0.25) is 0 Å². The highest BCUT2D eigenvalue weighted by Gasteiger charge is 2.10. The van der Waals surface area contributed by atoms with Gasteiger partial charge < -0.3 is 4.74 Å². The molecule has 0 saturated carbocycles. The molecule has 0 radical (unpaired) electrons. The predicted octanol–water partition coefficient (Wildman–Crippen LogP) is 3.54. The molecule has 0 N–H and O–H groups in total. The normalized spacial score (nSPS) is 10.2. The number of ether oxygens (including phenoxy) is 1. The molecule has 0 bridgehead atoms. The van der Waals surface area contributed by atoms with Crippen LogP contribution in [0, 0.1) is 18.3 Å². The van der Waals surface area contributed by atoms with E-state index in [4.69, 9.17) is 4.74 Å². The molecule has 0 unspecified atom stereocenters. The highest BCUT2D eigenvalue weighted by Crippen LogP contribution is 2.27. The van der Waals surface area contributed by atoms with Gasteiger partial charge in [-0.05, 0) is 42.3 Å². The van der Waals surface area contributed by atoms with Gasteiger partial charge in [0.05, 0.1) is 35.7 Å². The molecule has 0 aliphatic rings. The van der Waals surface area contributed by atoms with E-state index in [1.54, 1.807) is 31.0 Å². The number of hydrogen-bond acceptors (Lipinski definition) is 4. The second kappa shape index (κ2) is 6.39. The Labute approximate surface area is 139 Å². The van der Waals surface area contributed by atoms with Gasteiger partial charge in [-0.3, -0.25) is 4.79 Å². The summed E-state index contributed by atoms with van der Waals surface area (Å²) in [6.07, 6.45) is 2.43. The van der Waals surface area contributed by atoms with E-state index in [1.165, 1.54) is 0 Å². The number of hydrogen-bond donors (Lipinski definition) is 0. The molecule has 1 aromatic heterocycles. The van der Waals surface area contributed by atoms with Crippen molar-refractivity contribution >= 4 is 6.29 Å². The van der Waals surface area contributed by atoms with E-state index in [-0.39, 0.29) is 0 Å². The van der Waals surface area contributed by atoms with Crippen molar-refractivity contribution in [3.63, 3.8) is 0 Å². The van der Waals surface area contributed by atoms with E-state index >= 15 is 0 Å². The second-order valence-electron chi connectivity index (χ2n) is 5.30. The summed E-state index contributed by atoms with van der Waals surface area (Å²) in [5.41, 5.74) is 4.24. The zero-order valence-corrected chi connectivity index (χ0v) is 13.4. The number of benzene rings is 2. The van der Waals surface area contributed by atoms with Crippen molar-refractivity contribution in [1.82, 2.24) is 9.78 Å². The quantitative estimate of drug-likeness (QED) is 0.690. The fourth-order valence-corrected chi connectivity index (χ4v) is 2.51. The minimum absolute atomic E-state index is 0.535. The minimum Gasteiger partial charge on any atom is -0.497 e. The molecule has 3 aromatic rings. The summed E-state index contributed by atoms with van der Waals surface area (Å²) in [5, 5.41) is 13.8. The van der Waals surface area contributed by atoms with Crippen molar-refractivity contribution in [2.24, 2.45) is 0 Å². The number of nitriles is 1. The molecule has 118 valence electrons. The summed E-state index contributed by atoms with van der Waals surface area (Å²) in [5.74, 6) is 0.766. The van der Waals surface area contributed by atoms with Crippen molar-refractivity contribution in [2.75, 3.05) is 7.11 Å². The predicted molar refractivity (Wildman–Crippen MR) is 90.4 cm³/mol. The lowest BCUT2D eigenvalue weighted by molar-refractivity contribution is 0.112. The Morgan fingerprint density at radius 1 is 1.21 bits per heavy atom. The zero-order chi connectivity index (χ0) is 17.1. The number of aromatic nitrogens is 2. The number of aryl methyl sites for hydroxylation is 1. The van der Waals surface area contributed by atoms with E-state index in [2.05, 4.69) is 11.2 Å². The van der Waals surface area contributed by atoms with Crippen LogP contribution in [-0.4, -0.2) is 23.2 Å². The van der Waals surface area contributed by atoms with Gasteiger partial charge in [0, 0.05) is 6.20 Å². The third-order valence-electron chi connectivity index (χ3n) is 3.85. The standard InChI is InChI=1S/C19H15N3O2/c1-13-16(12-23)11-22(21-13)17-5-8-19(15(9-17)10-20)14-3-6-18(24-2)7-4-14/h3-9,11-12H,1-2H3. The Balaban J connectivity index is 2.04. The fourth-order valence-electron chi connectivity index (χ4n) is 2.51. The molecule has 0 spiro atoms. The van der Waals surface area contributed by atoms with Crippen LogP contribution in [0.3, 0.4) is 0 Å². The first kappa shape index (κ1) is 15.5. The maximum atomic E-state index is 11.0. The van der Waals surface area contributed by atoms with Crippen LogP contribution in [0.2, 0.25) is 0 Å². The minimum atomic E-state index is 0.535. The van der Waals surface area contributed by atoms with Gasteiger partial charge in [-0.15, -0.1) is 0 Å². The monoisotopic (exact) mass is 317 g/mol. The van der Waals surface area contributed by atoms with Gasteiger partial charge >= 0.3 is 0 Å². The van der Waals surface area contributed by atoms with Crippen molar-refractivity contribution in [1.29, 1.82) is 5.26 Å². The number of carbonyl (C=O) groups excluding carboxylic acids is 1. The molecular weight excluding hydrogens is 302 g/mol. The number of aldehydes is 1. The van der Waals surface area contributed by atoms with Crippen molar-refractivity contribution in [3.05, 3.63) is 65.5 Å². The molecule has 5 nitrogen and oxygen atoms in total. The summed E-state index contributed by atoms with van der Waals surface area (Å²) in [7, 11) is 1.62. The number of nitrogens with zero attached hydrogens (tertiary/aromatic N) is 3. The largest absolute Gasteiger partial charge is 0.497 e. The Bertz CT molecular complexity index is 934. The van der Waals surface area contributed by atoms with Gasteiger partial charge in [-0.2, -0.15) is 10.4 Å². The third kappa shape index (κ3) is 2.77. The summed E-state index contributed by atoms with van der Waals surface area (Å²) < 4.78 is 6.77. The summed E-state index contributed by atoms with van der Waals surface area (Å²) >= 11 is 0. The first-order valence-electron chi connectivity index (χ1n) is 7.36. The average Bonchev–Trinajstić information content (AvgIpc) is 3.02. The number of rotatable bonds is 4. The van der Waals surface area contributed by atoms with E-state index in [1.807, 2.05) is 36.4 Å². The van der Waals surface area contributed by atoms with Gasteiger partial charge in [-0.1, -0.05) is 18.2 Å². The van der Waals surface area contributed by atoms with Crippen molar-refractivity contribution in [2.45, 2.75) is 6.92 Å². The van der Waals surface area contributed by atoms with E-state index in [9.17, 15) is 10.1 Å². The average molecular weight is 317 g/mol. The number of carbonyl (C=O) groups is 1. The fraction of sp³-hybridized carbons (Fsp3) is 0.105. The van der Waals surface area contributed by atoms with Gasteiger partial charge in [0.15, 0.2) is 6.29 Å². The molecule has 0 aliphatic heterocycles. The SMILES string of the molecule is COc1ccc(-c2ccc(-n3cc(C=O)c(C)n3)cc2C#N)cc1. The molecular formula is C19H15N3O2. The Hall–Kier alpha value is -3.39. The molecule has 0 fully saturated rings. The molecule has 2 aromatic carbocycles. The zero-order valence-electron chi connectivity index (χ0n) is 13.4. The lowest BCUT2D eigenvalue weighted by Crippen LogP contribution is -1.97. The second-order valence-corrected chi connectivity index (χ2v) is 5.30. The summed E-state index contributed by atoms with van der Waals surface area (Å²) in [4.78, 5) is 11.0. The van der Waals surface area contributed by atoms with E-state index < -0.39 is 0 Å². The maximum absolute atomic E-state index is 11.0. The van der Waals surface area contributed by atoms with Crippen LogP contribution in [0.4, 0.5) is 0 Å². The van der Waals surface area contributed by atoms with Crippen LogP contribution in [0.15, 0.2) is 48.7 Å². The van der Waals surface area contributed by atoms with Crippen molar-refractivity contribution in [3.8, 4) is 28.6 Å². The van der Waals surface area contributed by atoms with Gasteiger partial charge in [0.25, 0.3) is 0 Å². The van der Waals surface area contributed by atoms with Crippen LogP contribution < -0.4 is 4.74 Å². The topological polar surface area (TPSA) is 67.9 Å². The molecule has 3 rings (SSSR count). The molecule has 1 heterocycles. The Morgan fingerprint density at radius 3 is 2.54 bits per heavy atom. The van der Waals surface area contributed by atoms with E-state index in [0.717, 1.165) is 28.8 Å². The smallest absolute Gasteiger partial charge is 0.153 e. The van der Waals surface area contributed by atoms with Gasteiger partial charge in [0.1, 0.15) is 5.75 Å².